The van der Waals surface area contributed by atoms with Gasteiger partial charge in [0.15, 0.2) is 17.1 Å². The fourth-order valence-corrected chi connectivity index (χ4v) is 6.14. The molecule has 0 bridgehead atoms. The molecule has 0 saturated heterocycles. The molecule has 0 amide bonds. The van der Waals surface area contributed by atoms with E-state index in [4.69, 9.17) is 0 Å². The van der Waals surface area contributed by atoms with Gasteiger partial charge in [0.25, 0.3) is 0 Å². The smallest absolute Gasteiger partial charge is 0.188 e. The van der Waals surface area contributed by atoms with Crippen molar-refractivity contribution in [3.63, 3.8) is 0 Å². The molecule has 0 saturated carbocycles. The van der Waals surface area contributed by atoms with Crippen LogP contribution in [0.25, 0.3) is 0 Å². The quantitative estimate of drug-likeness (QED) is 0.741. The third-order valence-electron chi connectivity index (χ3n) is 8.29. The summed E-state index contributed by atoms with van der Waals surface area (Å²) >= 11 is 0. The molecule has 3 heterocycles. The van der Waals surface area contributed by atoms with E-state index in [1.165, 1.54) is 55.2 Å². The molecule has 0 spiro atoms. The predicted molar refractivity (Wildman–Crippen MR) is 135 cm³/mol. The second-order valence-electron chi connectivity index (χ2n) is 10.0. The third-order valence-corrected chi connectivity index (χ3v) is 8.29. The van der Waals surface area contributed by atoms with Gasteiger partial charge < -0.3 is 20.0 Å². The minimum atomic E-state index is 1.06. The van der Waals surface area contributed by atoms with E-state index in [-0.39, 0.29) is 0 Å². The number of nitrogens with zero attached hydrogens (tertiary/aromatic N) is 5. The van der Waals surface area contributed by atoms with Gasteiger partial charge in [-0.2, -0.15) is 0 Å². The summed E-state index contributed by atoms with van der Waals surface area (Å²) in [5, 5.41) is 3.95. The zero-order valence-electron chi connectivity index (χ0n) is 20.5. The molecule has 30 heavy (non-hydrogen) atoms. The molecule has 0 radical (unpaired) electrons. The Bertz CT molecular complexity index is 802. The summed E-state index contributed by atoms with van der Waals surface area (Å²) in [7, 11) is 9.41. The minimum Gasteiger partial charge on any atom is -0.370 e. The lowest BCUT2D eigenvalue weighted by Gasteiger charge is -2.51. The molecule has 1 aromatic rings. The number of anilines is 4. The number of nitrogens with one attached hydrogen (secondary N) is 1. The monoisotopic (exact) mass is 416 g/mol. The molecule has 3 aliphatic heterocycles. The van der Waals surface area contributed by atoms with E-state index in [9.17, 15) is 0 Å². The van der Waals surface area contributed by atoms with Crippen LogP contribution < -0.4 is 29.0 Å². The van der Waals surface area contributed by atoms with Crippen LogP contribution in [0.1, 0.15) is 33.6 Å². The van der Waals surface area contributed by atoms with Crippen molar-refractivity contribution < 1.29 is 0 Å². The summed E-state index contributed by atoms with van der Waals surface area (Å²) in [4.78, 5) is 7.62. The average Bonchev–Trinajstić information content (AvgIpc) is 2.76. The molecule has 3 aliphatic rings. The molecule has 4 rings (SSSR count). The predicted octanol–water partition coefficient (Wildman–Crippen LogP) is 3.53. The normalized spacial score (nSPS) is 24.8. The largest absolute Gasteiger partial charge is 0.370 e. The Morgan fingerprint density at radius 1 is 0.800 bits per heavy atom. The Labute approximate surface area is 184 Å². The van der Waals surface area contributed by atoms with Crippen LogP contribution >= 0.6 is 0 Å². The number of rotatable bonds is 5. The van der Waals surface area contributed by atoms with Gasteiger partial charge in [-0.25, -0.2) is 0 Å². The van der Waals surface area contributed by atoms with Gasteiger partial charge in [-0.05, 0) is 20.3 Å². The summed E-state index contributed by atoms with van der Waals surface area (Å²) in [5.41, 5.74) is 8.98. The molecule has 1 N–H and O–H groups in total. The second-order valence-corrected chi connectivity index (χ2v) is 10.0. The van der Waals surface area contributed by atoms with Crippen LogP contribution in [0.4, 0.5) is 34.1 Å². The van der Waals surface area contributed by atoms with Crippen molar-refractivity contribution in [1.29, 1.82) is 0 Å². The Hall–Kier alpha value is -1.66. The Morgan fingerprint density at radius 2 is 1.40 bits per heavy atom. The van der Waals surface area contributed by atoms with Crippen molar-refractivity contribution in [2.75, 3.05) is 107 Å². The molecule has 1 unspecified atom stereocenters. The van der Waals surface area contributed by atoms with E-state index >= 15 is 0 Å². The maximum Gasteiger partial charge on any atom is 0.188 e. The second kappa shape index (κ2) is 7.79. The molecule has 1 aromatic carbocycles. The highest BCUT2D eigenvalue weighted by molar-refractivity contribution is 6.09. The Kier molecular flexibility index (Phi) is 5.60. The maximum absolute atomic E-state index is 3.95. The molecule has 0 aliphatic carbocycles. The van der Waals surface area contributed by atoms with E-state index < -0.39 is 0 Å². The van der Waals surface area contributed by atoms with Crippen molar-refractivity contribution >= 4 is 34.1 Å². The van der Waals surface area contributed by atoms with Gasteiger partial charge in [0, 0.05) is 34.2 Å². The van der Waals surface area contributed by atoms with E-state index in [0.717, 1.165) is 48.2 Å². The van der Waals surface area contributed by atoms with Crippen LogP contribution in [-0.4, -0.2) is 87.1 Å². The van der Waals surface area contributed by atoms with Crippen molar-refractivity contribution in [1.82, 2.24) is 8.97 Å². The van der Waals surface area contributed by atoms with Crippen molar-refractivity contribution in [2.45, 2.75) is 33.6 Å². The number of benzene rings is 1. The lowest BCUT2D eigenvalue weighted by molar-refractivity contribution is 0.298. The van der Waals surface area contributed by atoms with E-state index in [2.05, 4.69) is 69.0 Å². The van der Waals surface area contributed by atoms with E-state index in [1.54, 1.807) is 11.4 Å². The number of likely N-dealkylation sites (N-methyl/N-ethyl adjacent to an activating group) is 5. The molecule has 6 heteroatoms. The van der Waals surface area contributed by atoms with Crippen LogP contribution in [0.2, 0.25) is 0 Å². The van der Waals surface area contributed by atoms with Crippen molar-refractivity contribution in [3.8, 4) is 0 Å². The molecule has 0 fully saturated rings. The van der Waals surface area contributed by atoms with Crippen LogP contribution in [0, 0.1) is 0 Å². The molecule has 0 aromatic heterocycles. The summed E-state index contributed by atoms with van der Waals surface area (Å²) in [6.45, 7) is 17.4. The molecule has 6 nitrogen and oxygen atoms in total. The lowest BCUT2D eigenvalue weighted by atomic mass is 9.96. The third kappa shape index (κ3) is 2.98. The van der Waals surface area contributed by atoms with Gasteiger partial charge in [-0.15, -0.1) is 0 Å². The number of hydrogen-bond acceptors (Lipinski definition) is 4. The molecular formula is C24H44N6+2. The average molecular weight is 417 g/mol. The van der Waals surface area contributed by atoms with E-state index in [0.29, 0.717) is 0 Å². The number of hydrogen-bond donors (Lipinski definition) is 1. The molecule has 1 atom stereocenters. The minimum absolute atomic E-state index is 1.06. The first-order chi connectivity index (χ1) is 14.3. The van der Waals surface area contributed by atoms with Crippen LogP contribution in [0.3, 0.4) is 0 Å². The fourth-order valence-electron chi connectivity index (χ4n) is 6.14. The summed E-state index contributed by atoms with van der Waals surface area (Å²) in [6, 6.07) is 0. The highest BCUT2D eigenvalue weighted by atomic mass is 15.4. The Morgan fingerprint density at radius 3 is 2.03 bits per heavy atom. The first-order valence-corrected chi connectivity index (χ1v) is 12.2. The SMILES string of the molecule is CCCC[N+]1(C)CCN(C)c2c3c(c4c(c21)NCC[N+]4(CC)CC)N(C)CCN3C. The van der Waals surface area contributed by atoms with E-state index in [1.807, 2.05) is 0 Å². The van der Waals surface area contributed by atoms with Gasteiger partial charge in [-0.1, -0.05) is 13.3 Å². The van der Waals surface area contributed by atoms with Crippen LogP contribution in [0.5, 0.6) is 0 Å². The first kappa shape index (κ1) is 21.6. The van der Waals surface area contributed by atoms with Gasteiger partial charge in [0.1, 0.15) is 24.5 Å². The fraction of sp³-hybridized carbons (Fsp3) is 0.750. The zero-order valence-corrected chi connectivity index (χ0v) is 20.5. The molecular weight excluding hydrogens is 372 g/mol. The van der Waals surface area contributed by atoms with Crippen LogP contribution in [-0.2, 0) is 0 Å². The summed E-state index contributed by atoms with van der Waals surface area (Å²) < 4.78 is 2.15. The van der Waals surface area contributed by atoms with Gasteiger partial charge in [0.2, 0.25) is 0 Å². The maximum atomic E-state index is 3.95. The van der Waals surface area contributed by atoms with Crippen LogP contribution in [0.15, 0.2) is 0 Å². The van der Waals surface area contributed by atoms with Gasteiger partial charge in [0.05, 0.1) is 45.5 Å². The summed E-state index contributed by atoms with van der Waals surface area (Å²) in [6.07, 6.45) is 2.54. The number of quaternary nitrogens is 2. The Balaban J connectivity index is 2.11. The van der Waals surface area contributed by atoms with Crippen molar-refractivity contribution in [2.24, 2.45) is 0 Å². The topological polar surface area (TPSA) is 21.8 Å². The highest BCUT2D eigenvalue weighted by Gasteiger charge is 2.49. The van der Waals surface area contributed by atoms with Gasteiger partial charge >= 0.3 is 0 Å². The first-order valence-electron chi connectivity index (χ1n) is 12.2. The zero-order chi connectivity index (χ0) is 21.7. The lowest BCUT2D eigenvalue weighted by Crippen LogP contribution is -2.58. The number of fused-ring (bicyclic) bond motifs is 6. The standard InChI is InChI=1S/C24H44N6/c1-8-11-16-29(7)18-15-28(6)21-20-22(27(5)14-13-26(20)4)24-19(23(21)29)25-12-17-30(24,9-2)10-3/h25H,8-18H2,1-7H3/q+2. The van der Waals surface area contributed by atoms with Gasteiger partial charge in [-0.3, -0.25) is 8.97 Å². The molecule has 168 valence electrons. The number of unbranched alkanes of at least 4 members (excludes halogenated alkanes) is 1. The van der Waals surface area contributed by atoms with Crippen molar-refractivity contribution in [3.05, 3.63) is 0 Å². The summed E-state index contributed by atoms with van der Waals surface area (Å²) in [5.74, 6) is 0. The highest BCUT2D eigenvalue weighted by Crippen LogP contribution is 2.61.